The van der Waals surface area contributed by atoms with Crippen molar-refractivity contribution in [3.05, 3.63) is 18.7 Å². The Bertz CT molecular complexity index is 332. The van der Waals surface area contributed by atoms with Gasteiger partial charge in [-0.3, -0.25) is 4.57 Å². The van der Waals surface area contributed by atoms with E-state index in [9.17, 15) is 4.79 Å². The van der Waals surface area contributed by atoms with Crippen molar-refractivity contribution in [3.63, 3.8) is 0 Å². The summed E-state index contributed by atoms with van der Waals surface area (Å²) in [6.07, 6.45) is 5.80. The van der Waals surface area contributed by atoms with Crippen LogP contribution in [0.5, 0.6) is 0 Å². The monoisotopic (exact) mass is 238 g/mol. The third-order valence-corrected chi connectivity index (χ3v) is 2.70. The molecule has 0 aliphatic rings. The van der Waals surface area contributed by atoms with E-state index in [2.05, 4.69) is 29.0 Å². The highest BCUT2D eigenvalue weighted by Gasteiger charge is 2.14. The van der Waals surface area contributed by atoms with E-state index in [0.717, 1.165) is 6.42 Å². The minimum atomic E-state index is -0.127. The molecule has 1 rings (SSSR count). The van der Waals surface area contributed by atoms with Crippen LogP contribution in [0.2, 0.25) is 0 Å². The molecule has 0 bridgehead atoms. The number of carbonyl (C=O) groups excluding carboxylic acids is 1. The van der Waals surface area contributed by atoms with Crippen LogP contribution in [-0.2, 0) is 0 Å². The molecule has 0 spiro atoms. The van der Waals surface area contributed by atoms with E-state index in [1.807, 2.05) is 14.1 Å². The molecule has 17 heavy (non-hydrogen) atoms. The van der Waals surface area contributed by atoms with Crippen molar-refractivity contribution >= 4 is 6.03 Å². The number of rotatable bonds is 5. The lowest BCUT2D eigenvalue weighted by molar-refractivity contribution is 0.225. The van der Waals surface area contributed by atoms with Crippen molar-refractivity contribution in [2.24, 2.45) is 5.92 Å². The molecule has 1 unspecified atom stereocenters. The summed E-state index contributed by atoms with van der Waals surface area (Å²) < 4.78 is 1.45. The van der Waals surface area contributed by atoms with Crippen LogP contribution in [-0.4, -0.2) is 47.2 Å². The molecule has 1 heterocycles. The van der Waals surface area contributed by atoms with E-state index >= 15 is 0 Å². The van der Waals surface area contributed by atoms with Gasteiger partial charge in [-0.15, -0.1) is 0 Å². The molecule has 0 radical (unpaired) electrons. The number of nitrogens with zero attached hydrogens (tertiary/aromatic N) is 3. The molecule has 5 nitrogen and oxygen atoms in total. The maximum Gasteiger partial charge on any atom is 0.326 e. The van der Waals surface area contributed by atoms with Gasteiger partial charge >= 0.3 is 6.03 Å². The second-order valence-corrected chi connectivity index (χ2v) is 4.90. The third kappa shape index (κ3) is 4.56. The van der Waals surface area contributed by atoms with Crippen molar-refractivity contribution in [2.75, 3.05) is 20.6 Å². The molecule has 0 saturated carbocycles. The fourth-order valence-electron chi connectivity index (χ4n) is 1.70. The Morgan fingerprint density at radius 2 is 2.18 bits per heavy atom. The van der Waals surface area contributed by atoms with Gasteiger partial charge in [-0.25, -0.2) is 9.78 Å². The van der Waals surface area contributed by atoms with Gasteiger partial charge in [0.1, 0.15) is 6.33 Å². The fourth-order valence-corrected chi connectivity index (χ4v) is 1.70. The minimum absolute atomic E-state index is 0.127. The number of hydrogen-bond donors (Lipinski definition) is 1. The Labute approximate surface area is 103 Å². The lowest BCUT2D eigenvalue weighted by Gasteiger charge is -2.26. The van der Waals surface area contributed by atoms with Gasteiger partial charge in [0.25, 0.3) is 0 Å². The van der Waals surface area contributed by atoms with Gasteiger partial charge in [-0.05, 0) is 26.4 Å². The van der Waals surface area contributed by atoms with E-state index < -0.39 is 0 Å². The molecule has 1 atom stereocenters. The average molecular weight is 238 g/mol. The molecule has 0 aromatic carbocycles. The first-order valence-corrected chi connectivity index (χ1v) is 5.93. The van der Waals surface area contributed by atoms with Crippen molar-refractivity contribution in [2.45, 2.75) is 26.3 Å². The second-order valence-electron chi connectivity index (χ2n) is 4.90. The molecule has 1 aromatic rings. The van der Waals surface area contributed by atoms with E-state index in [4.69, 9.17) is 0 Å². The Hall–Kier alpha value is -1.36. The van der Waals surface area contributed by atoms with Crippen molar-refractivity contribution in [3.8, 4) is 0 Å². The van der Waals surface area contributed by atoms with Gasteiger partial charge < -0.3 is 10.2 Å². The van der Waals surface area contributed by atoms with E-state index in [0.29, 0.717) is 18.5 Å². The van der Waals surface area contributed by atoms with Crippen molar-refractivity contribution < 1.29 is 4.79 Å². The zero-order valence-corrected chi connectivity index (χ0v) is 11.1. The molecule has 0 aliphatic heterocycles. The summed E-state index contributed by atoms with van der Waals surface area (Å²) in [6.45, 7) is 5.03. The van der Waals surface area contributed by atoms with Gasteiger partial charge in [-0.1, -0.05) is 13.8 Å². The number of likely N-dealkylation sites (N-methyl/N-ethyl adjacent to an activating group) is 1. The number of hydrogen-bond acceptors (Lipinski definition) is 3. The Kier molecular flexibility index (Phi) is 5.15. The summed E-state index contributed by atoms with van der Waals surface area (Å²) in [6, 6.07) is 0.237. The van der Waals surface area contributed by atoms with Gasteiger partial charge in [-0.2, -0.15) is 0 Å². The van der Waals surface area contributed by atoms with Gasteiger partial charge in [0.2, 0.25) is 0 Å². The van der Waals surface area contributed by atoms with E-state index in [1.165, 1.54) is 10.9 Å². The second kappa shape index (κ2) is 6.39. The molecule has 0 saturated heterocycles. The van der Waals surface area contributed by atoms with Crippen LogP contribution in [0.15, 0.2) is 18.7 Å². The highest BCUT2D eigenvalue weighted by atomic mass is 16.2. The first kappa shape index (κ1) is 13.7. The topological polar surface area (TPSA) is 50.2 Å². The predicted molar refractivity (Wildman–Crippen MR) is 68.0 cm³/mol. The summed E-state index contributed by atoms with van der Waals surface area (Å²) in [5, 5.41) is 2.91. The SMILES string of the molecule is CC(C)CC(CNC(=O)n1ccnc1)N(C)C. The Morgan fingerprint density at radius 3 is 2.65 bits per heavy atom. The van der Waals surface area contributed by atoms with Crippen LogP contribution >= 0.6 is 0 Å². The van der Waals surface area contributed by atoms with Crippen LogP contribution in [0.3, 0.4) is 0 Å². The highest BCUT2D eigenvalue weighted by molar-refractivity contribution is 5.76. The lowest BCUT2D eigenvalue weighted by Crippen LogP contribution is -2.42. The first-order valence-electron chi connectivity index (χ1n) is 5.93. The normalized spacial score (nSPS) is 13.1. The molecular formula is C12H22N4O. The van der Waals surface area contributed by atoms with Crippen LogP contribution in [0, 0.1) is 5.92 Å². The predicted octanol–water partition coefficient (Wildman–Crippen LogP) is 1.42. The molecular weight excluding hydrogens is 216 g/mol. The Morgan fingerprint density at radius 1 is 1.47 bits per heavy atom. The summed E-state index contributed by atoms with van der Waals surface area (Å²) in [4.78, 5) is 17.7. The molecule has 1 amide bonds. The van der Waals surface area contributed by atoms with Gasteiger partial charge in [0, 0.05) is 25.0 Å². The first-order chi connectivity index (χ1) is 8.00. The van der Waals surface area contributed by atoms with Gasteiger partial charge in [0.05, 0.1) is 0 Å². The maximum atomic E-state index is 11.7. The molecule has 5 heteroatoms. The smallest absolute Gasteiger partial charge is 0.326 e. The fraction of sp³-hybridized carbons (Fsp3) is 0.667. The minimum Gasteiger partial charge on any atom is -0.336 e. The zero-order chi connectivity index (χ0) is 12.8. The number of carbonyl (C=O) groups is 1. The molecule has 0 fully saturated rings. The third-order valence-electron chi connectivity index (χ3n) is 2.70. The summed E-state index contributed by atoms with van der Waals surface area (Å²) >= 11 is 0. The zero-order valence-electron chi connectivity index (χ0n) is 11.1. The summed E-state index contributed by atoms with van der Waals surface area (Å²) in [5.74, 6) is 0.618. The molecule has 96 valence electrons. The standard InChI is InChI=1S/C12H22N4O/c1-10(2)7-11(15(3)4)8-14-12(17)16-6-5-13-9-16/h5-6,9-11H,7-8H2,1-4H3,(H,14,17). The average Bonchev–Trinajstić information content (AvgIpc) is 2.76. The van der Waals surface area contributed by atoms with Crippen LogP contribution < -0.4 is 5.32 Å². The maximum absolute atomic E-state index is 11.7. The van der Waals surface area contributed by atoms with Crippen LogP contribution in [0.1, 0.15) is 20.3 Å². The highest BCUT2D eigenvalue weighted by Crippen LogP contribution is 2.08. The summed E-state index contributed by atoms with van der Waals surface area (Å²) in [7, 11) is 4.08. The number of amides is 1. The Balaban J connectivity index is 2.44. The van der Waals surface area contributed by atoms with E-state index in [-0.39, 0.29) is 6.03 Å². The lowest BCUT2D eigenvalue weighted by atomic mass is 10.0. The quantitative estimate of drug-likeness (QED) is 0.844. The molecule has 0 aliphatic carbocycles. The van der Waals surface area contributed by atoms with Gasteiger partial charge in [0.15, 0.2) is 0 Å². The summed E-state index contributed by atoms with van der Waals surface area (Å²) in [5.41, 5.74) is 0. The van der Waals surface area contributed by atoms with Crippen LogP contribution in [0.4, 0.5) is 4.79 Å². The number of aromatic nitrogens is 2. The molecule has 1 N–H and O–H groups in total. The van der Waals surface area contributed by atoms with Crippen LogP contribution in [0.25, 0.3) is 0 Å². The van der Waals surface area contributed by atoms with E-state index in [1.54, 1.807) is 12.4 Å². The largest absolute Gasteiger partial charge is 0.336 e. The number of nitrogens with one attached hydrogen (secondary N) is 1. The van der Waals surface area contributed by atoms with Crippen molar-refractivity contribution in [1.29, 1.82) is 0 Å². The van der Waals surface area contributed by atoms with Crippen molar-refractivity contribution in [1.82, 2.24) is 19.8 Å². The molecule has 1 aromatic heterocycles. The number of imidazole rings is 1.